The van der Waals surface area contributed by atoms with Crippen LogP contribution < -0.4 is 4.90 Å². The number of aromatic nitrogens is 4. The average molecular weight is 392 g/mol. The molecule has 2 aliphatic rings. The van der Waals surface area contributed by atoms with Crippen LogP contribution in [0.5, 0.6) is 0 Å². The summed E-state index contributed by atoms with van der Waals surface area (Å²) in [5.41, 5.74) is 2.21. The van der Waals surface area contributed by atoms with E-state index in [0.29, 0.717) is 24.7 Å². The van der Waals surface area contributed by atoms with Crippen LogP contribution in [-0.4, -0.2) is 69.7 Å². The van der Waals surface area contributed by atoms with E-state index in [9.17, 15) is 4.79 Å². The summed E-state index contributed by atoms with van der Waals surface area (Å²) in [7, 11) is 0. The first-order chi connectivity index (χ1) is 14.3. The third-order valence-corrected chi connectivity index (χ3v) is 5.78. The van der Waals surface area contributed by atoms with Gasteiger partial charge in [0.1, 0.15) is 11.3 Å². The van der Waals surface area contributed by atoms with Crippen LogP contribution >= 0.6 is 0 Å². The number of hydrogen-bond acceptors (Lipinski definition) is 6. The van der Waals surface area contributed by atoms with Gasteiger partial charge in [0.25, 0.3) is 5.91 Å². The van der Waals surface area contributed by atoms with E-state index in [4.69, 9.17) is 4.74 Å². The number of rotatable bonds is 3. The second-order valence-corrected chi connectivity index (χ2v) is 7.53. The largest absolute Gasteiger partial charge is 0.381 e. The zero-order valence-electron chi connectivity index (χ0n) is 16.3. The second-order valence-electron chi connectivity index (χ2n) is 7.53. The van der Waals surface area contributed by atoms with Crippen LogP contribution in [0.2, 0.25) is 0 Å². The number of nitrogens with zero attached hydrogens (tertiary/aromatic N) is 6. The molecule has 8 nitrogen and oxygen atoms in total. The number of pyridine rings is 2. The third-order valence-electron chi connectivity index (χ3n) is 5.78. The predicted octanol–water partition coefficient (Wildman–Crippen LogP) is 2.14. The predicted molar refractivity (Wildman–Crippen MR) is 109 cm³/mol. The molecule has 0 aliphatic carbocycles. The van der Waals surface area contributed by atoms with Crippen LogP contribution in [0, 0.1) is 0 Å². The molecular weight excluding hydrogens is 368 g/mol. The maximum atomic E-state index is 13.0. The van der Waals surface area contributed by atoms with Crippen molar-refractivity contribution in [3.8, 4) is 0 Å². The number of anilines is 1. The van der Waals surface area contributed by atoms with Crippen molar-refractivity contribution >= 4 is 22.9 Å². The van der Waals surface area contributed by atoms with E-state index in [1.807, 2.05) is 35.5 Å². The SMILES string of the molecule is O=C(c1cnc2c(c1)ncn2C1CCOCC1)N1CCN(c2ccccn2)CC1. The number of ether oxygens (including phenoxy) is 1. The molecule has 0 radical (unpaired) electrons. The van der Waals surface area contributed by atoms with Crippen molar-refractivity contribution in [2.24, 2.45) is 0 Å². The Morgan fingerprint density at radius 2 is 1.86 bits per heavy atom. The first kappa shape index (κ1) is 18.1. The van der Waals surface area contributed by atoms with Crippen molar-refractivity contribution < 1.29 is 9.53 Å². The standard InChI is InChI=1S/C21H24N6O2/c28-21(26-9-7-25(8-10-26)19-3-1-2-6-22-19)16-13-18-20(23-14-16)27(15-24-18)17-4-11-29-12-5-17/h1-3,6,13-15,17H,4-5,7-12H2. The number of imidazole rings is 1. The van der Waals surface area contributed by atoms with Gasteiger partial charge in [-0.3, -0.25) is 4.79 Å². The molecule has 0 saturated carbocycles. The van der Waals surface area contributed by atoms with Crippen LogP contribution in [0.1, 0.15) is 29.2 Å². The fourth-order valence-corrected chi connectivity index (χ4v) is 4.13. The molecule has 1 amide bonds. The van der Waals surface area contributed by atoms with Crippen molar-refractivity contribution in [2.75, 3.05) is 44.3 Å². The first-order valence-corrected chi connectivity index (χ1v) is 10.2. The molecule has 0 unspecified atom stereocenters. The fraction of sp³-hybridized carbons (Fsp3) is 0.429. The van der Waals surface area contributed by atoms with Crippen molar-refractivity contribution in [2.45, 2.75) is 18.9 Å². The molecule has 2 fully saturated rings. The van der Waals surface area contributed by atoms with Gasteiger partial charge in [-0.05, 0) is 31.0 Å². The molecule has 0 bridgehead atoms. The molecule has 5 rings (SSSR count). The van der Waals surface area contributed by atoms with Crippen LogP contribution in [0.25, 0.3) is 11.2 Å². The quantitative estimate of drug-likeness (QED) is 0.680. The van der Waals surface area contributed by atoms with Gasteiger partial charge in [-0.2, -0.15) is 0 Å². The molecule has 5 heterocycles. The molecule has 29 heavy (non-hydrogen) atoms. The Kier molecular flexibility index (Phi) is 4.85. The van der Waals surface area contributed by atoms with Crippen molar-refractivity contribution in [3.05, 3.63) is 48.5 Å². The van der Waals surface area contributed by atoms with Crippen molar-refractivity contribution in [3.63, 3.8) is 0 Å². The minimum absolute atomic E-state index is 0.0145. The van der Waals surface area contributed by atoms with Gasteiger partial charge < -0.3 is 19.1 Å². The highest BCUT2D eigenvalue weighted by atomic mass is 16.5. The maximum absolute atomic E-state index is 13.0. The molecule has 150 valence electrons. The summed E-state index contributed by atoms with van der Waals surface area (Å²) in [6, 6.07) is 8.13. The Morgan fingerprint density at radius 3 is 2.62 bits per heavy atom. The average Bonchev–Trinajstić information content (AvgIpc) is 3.23. The molecule has 2 aliphatic heterocycles. The molecule has 3 aromatic heterocycles. The van der Waals surface area contributed by atoms with E-state index in [-0.39, 0.29) is 5.91 Å². The molecule has 0 atom stereocenters. The Balaban J connectivity index is 1.29. The Hall–Kier alpha value is -3.00. The highest BCUT2D eigenvalue weighted by Crippen LogP contribution is 2.25. The lowest BCUT2D eigenvalue weighted by Gasteiger charge is -2.35. The Morgan fingerprint density at radius 1 is 1.03 bits per heavy atom. The second kappa shape index (κ2) is 7.79. The highest BCUT2D eigenvalue weighted by molar-refractivity contribution is 5.96. The summed E-state index contributed by atoms with van der Waals surface area (Å²) in [6.07, 6.45) is 7.26. The molecule has 2 saturated heterocycles. The summed E-state index contributed by atoms with van der Waals surface area (Å²) >= 11 is 0. The van der Waals surface area contributed by atoms with Crippen LogP contribution in [-0.2, 0) is 4.74 Å². The number of carbonyl (C=O) groups is 1. The van der Waals surface area contributed by atoms with Gasteiger partial charge in [-0.1, -0.05) is 6.07 Å². The lowest BCUT2D eigenvalue weighted by molar-refractivity contribution is 0.0704. The zero-order chi connectivity index (χ0) is 19.6. The van der Waals surface area contributed by atoms with Crippen LogP contribution in [0.15, 0.2) is 43.0 Å². The Labute approximate surface area is 169 Å². The van der Waals surface area contributed by atoms with Gasteiger partial charge in [0, 0.05) is 57.8 Å². The van der Waals surface area contributed by atoms with Gasteiger partial charge in [-0.25, -0.2) is 15.0 Å². The fourth-order valence-electron chi connectivity index (χ4n) is 4.13. The number of carbonyl (C=O) groups excluding carboxylic acids is 1. The third kappa shape index (κ3) is 3.55. The summed E-state index contributed by atoms with van der Waals surface area (Å²) in [4.78, 5) is 30.6. The molecule has 0 N–H and O–H groups in total. The number of fused-ring (bicyclic) bond motifs is 1. The summed E-state index contributed by atoms with van der Waals surface area (Å²) in [5, 5.41) is 0. The van der Waals surface area contributed by atoms with E-state index in [0.717, 1.165) is 56.1 Å². The van der Waals surface area contributed by atoms with E-state index < -0.39 is 0 Å². The van der Waals surface area contributed by atoms with Gasteiger partial charge in [0.15, 0.2) is 5.65 Å². The van der Waals surface area contributed by atoms with Crippen molar-refractivity contribution in [1.82, 2.24) is 24.4 Å². The molecule has 0 aromatic carbocycles. The Bertz CT molecular complexity index is 991. The lowest BCUT2D eigenvalue weighted by Crippen LogP contribution is -2.49. The van der Waals surface area contributed by atoms with E-state index in [2.05, 4.69) is 24.4 Å². The maximum Gasteiger partial charge on any atom is 0.255 e. The van der Waals surface area contributed by atoms with Gasteiger partial charge in [0.05, 0.1) is 11.9 Å². The number of hydrogen-bond donors (Lipinski definition) is 0. The summed E-state index contributed by atoms with van der Waals surface area (Å²) in [6.45, 7) is 4.43. The van der Waals surface area contributed by atoms with Crippen molar-refractivity contribution in [1.29, 1.82) is 0 Å². The lowest BCUT2D eigenvalue weighted by atomic mass is 10.1. The minimum atomic E-state index is 0.0145. The number of piperazine rings is 1. The minimum Gasteiger partial charge on any atom is -0.381 e. The number of amides is 1. The molecular formula is C21H24N6O2. The highest BCUT2D eigenvalue weighted by Gasteiger charge is 2.24. The van der Waals surface area contributed by atoms with E-state index >= 15 is 0 Å². The van der Waals surface area contributed by atoms with Crippen LogP contribution in [0.4, 0.5) is 5.82 Å². The summed E-state index contributed by atoms with van der Waals surface area (Å²) in [5.74, 6) is 0.974. The zero-order valence-corrected chi connectivity index (χ0v) is 16.3. The summed E-state index contributed by atoms with van der Waals surface area (Å²) < 4.78 is 7.57. The van der Waals surface area contributed by atoms with Gasteiger partial charge >= 0.3 is 0 Å². The topological polar surface area (TPSA) is 76.4 Å². The van der Waals surface area contributed by atoms with Gasteiger partial charge in [-0.15, -0.1) is 0 Å². The molecule has 3 aromatic rings. The van der Waals surface area contributed by atoms with E-state index in [1.54, 1.807) is 12.4 Å². The smallest absolute Gasteiger partial charge is 0.255 e. The van der Waals surface area contributed by atoms with Crippen LogP contribution in [0.3, 0.4) is 0 Å². The van der Waals surface area contributed by atoms with E-state index in [1.165, 1.54) is 0 Å². The molecule has 8 heteroatoms. The molecule has 0 spiro atoms. The normalized spacial score (nSPS) is 18.3. The first-order valence-electron chi connectivity index (χ1n) is 10.2. The monoisotopic (exact) mass is 392 g/mol. The van der Waals surface area contributed by atoms with Gasteiger partial charge in [0.2, 0.25) is 0 Å².